The predicted octanol–water partition coefficient (Wildman–Crippen LogP) is 4.45. The topological polar surface area (TPSA) is 68.0 Å². The van der Waals surface area contributed by atoms with E-state index < -0.39 is 11.9 Å². The summed E-state index contributed by atoms with van der Waals surface area (Å²) in [6, 6.07) is 0.125. The summed E-state index contributed by atoms with van der Waals surface area (Å²) >= 11 is 0.970. The number of alkyl halides is 3. The number of nitrogens with two attached hydrogens (primary N) is 1. The number of rotatable bonds is 2. The number of fused-ring (bicyclic) bond motifs is 3. The van der Waals surface area contributed by atoms with E-state index in [9.17, 15) is 18.0 Å². The standard InChI is InChI=1S/C18H20F3N3OS/c19-18(20,21)15-11-8-4-3-7-10(11)12-13(22)14(26-17(12)24-15)16(25)23-9-5-1-2-6-9/h9H,1-8,22H2,(H,23,25). The summed E-state index contributed by atoms with van der Waals surface area (Å²) in [5, 5.41) is 3.51. The normalized spacial score (nSPS) is 18.3. The number of pyridine rings is 1. The number of nitrogen functional groups attached to an aromatic ring is 1. The quantitative estimate of drug-likeness (QED) is 0.805. The van der Waals surface area contributed by atoms with Crippen LogP contribution in [0.3, 0.4) is 0 Å². The molecule has 0 aromatic carbocycles. The number of nitrogens with zero attached hydrogens (tertiary/aromatic N) is 1. The lowest BCUT2D eigenvalue weighted by Crippen LogP contribution is -2.32. The van der Waals surface area contributed by atoms with Crippen molar-refractivity contribution < 1.29 is 18.0 Å². The molecule has 0 atom stereocenters. The molecule has 2 aromatic heterocycles. The molecule has 0 bridgehead atoms. The van der Waals surface area contributed by atoms with E-state index in [1.807, 2.05) is 0 Å². The van der Waals surface area contributed by atoms with Gasteiger partial charge in [-0.3, -0.25) is 4.79 Å². The Morgan fingerprint density at radius 1 is 1.12 bits per heavy atom. The van der Waals surface area contributed by atoms with Gasteiger partial charge >= 0.3 is 6.18 Å². The van der Waals surface area contributed by atoms with Crippen molar-refractivity contribution in [3.63, 3.8) is 0 Å². The number of halogens is 3. The van der Waals surface area contributed by atoms with Gasteiger partial charge in [-0.25, -0.2) is 4.98 Å². The molecule has 1 amide bonds. The largest absolute Gasteiger partial charge is 0.433 e. The summed E-state index contributed by atoms with van der Waals surface area (Å²) in [4.78, 5) is 17.0. The molecular weight excluding hydrogens is 363 g/mol. The lowest BCUT2D eigenvalue weighted by Gasteiger charge is -2.21. The smallest absolute Gasteiger partial charge is 0.397 e. The molecule has 0 unspecified atom stereocenters. The lowest BCUT2D eigenvalue weighted by atomic mass is 9.88. The highest BCUT2D eigenvalue weighted by atomic mass is 32.1. The number of hydrogen-bond acceptors (Lipinski definition) is 4. The Morgan fingerprint density at radius 3 is 2.42 bits per heavy atom. The van der Waals surface area contributed by atoms with Crippen molar-refractivity contribution >= 4 is 33.1 Å². The maximum atomic E-state index is 13.5. The first-order valence-electron chi connectivity index (χ1n) is 8.98. The van der Waals surface area contributed by atoms with Gasteiger partial charge in [0.15, 0.2) is 0 Å². The molecule has 26 heavy (non-hydrogen) atoms. The number of hydrogen-bond donors (Lipinski definition) is 2. The zero-order chi connectivity index (χ0) is 18.5. The molecule has 4 nitrogen and oxygen atoms in total. The first-order chi connectivity index (χ1) is 12.4. The van der Waals surface area contributed by atoms with Crippen LogP contribution in [0.2, 0.25) is 0 Å². The molecule has 2 aromatic rings. The number of carbonyl (C=O) groups excluding carboxylic acids is 1. The van der Waals surface area contributed by atoms with E-state index in [1.54, 1.807) is 0 Å². The predicted molar refractivity (Wildman–Crippen MR) is 95.4 cm³/mol. The number of amides is 1. The van der Waals surface area contributed by atoms with Crippen LogP contribution >= 0.6 is 11.3 Å². The number of aromatic nitrogens is 1. The highest BCUT2D eigenvalue weighted by Crippen LogP contribution is 2.43. The Kier molecular flexibility index (Phi) is 4.33. The minimum Gasteiger partial charge on any atom is -0.397 e. The fourth-order valence-electron chi connectivity index (χ4n) is 4.14. The van der Waals surface area contributed by atoms with Gasteiger partial charge in [0.25, 0.3) is 5.91 Å². The third kappa shape index (κ3) is 2.94. The summed E-state index contributed by atoms with van der Waals surface area (Å²) in [6.45, 7) is 0. The van der Waals surface area contributed by atoms with Crippen LogP contribution in [0.25, 0.3) is 10.2 Å². The highest BCUT2D eigenvalue weighted by molar-refractivity contribution is 7.21. The van der Waals surface area contributed by atoms with Gasteiger partial charge < -0.3 is 11.1 Å². The third-order valence-electron chi connectivity index (χ3n) is 5.36. The molecule has 2 aliphatic carbocycles. The van der Waals surface area contributed by atoms with Crippen LogP contribution in [0.4, 0.5) is 18.9 Å². The van der Waals surface area contributed by atoms with Crippen LogP contribution in [-0.4, -0.2) is 16.9 Å². The van der Waals surface area contributed by atoms with Crippen LogP contribution in [0, 0.1) is 0 Å². The Balaban J connectivity index is 1.82. The fourth-order valence-corrected chi connectivity index (χ4v) is 5.17. The van der Waals surface area contributed by atoms with Gasteiger partial charge in [-0.1, -0.05) is 12.8 Å². The van der Waals surface area contributed by atoms with E-state index in [1.165, 1.54) is 0 Å². The fraction of sp³-hybridized carbons (Fsp3) is 0.556. The summed E-state index contributed by atoms with van der Waals surface area (Å²) in [7, 11) is 0. The van der Waals surface area contributed by atoms with Crippen LogP contribution in [0.1, 0.15) is 65.0 Å². The molecule has 8 heteroatoms. The second kappa shape index (κ2) is 6.40. The number of nitrogens with one attached hydrogen (secondary N) is 1. The molecule has 2 heterocycles. The Hall–Kier alpha value is -1.83. The number of aryl methyl sites for hydroxylation is 1. The molecule has 140 valence electrons. The molecule has 3 N–H and O–H groups in total. The number of carbonyl (C=O) groups is 1. The molecule has 4 rings (SSSR count). The van der Waals surface area contributed by atoms with E-state index in [0.717, 1.165) is 43.4 Å². The van der Waals surface area contributed by atoms with Crippen molar-refractivity contribution in [1.82, 2.24) is 10.3 Å². The molecular formula is C18H20F3N3OS. The average Bonchev–Trinajstić information content (AvgIpc) is 3.21. The van der Waals surface area contributed by atoms with Crippen LogP contribution in [0.5, 0.6) is 0 Å². The average molecular weight is 383 g/mol. The second-order valence-electron chi connectivity index (χ2n) is 7.10. The van der Waals surface area contributed by atoms with Crippen LogP contribution in [0.15, 0.2) is 0 Å². The Morgan fingerprint density at radius 2 is 1.77 bits per heavy atom. The van der Waals surface area contributed by atoms with Crippen molar-refractivity contribution in [1.29, 1.82) is 0 Å². The summed E-state index contributed by atoms with van der Waals surface area (Å²) in [5.41, 5.74) is 6.57. The minimum absolute atomic E-state index is 0.125. The van der Waals surface area contributed by atoms with E-state index in [2.05, 4.69) is 10.3 Å². The van der Waals surface area contributed by atoms with E-state index in [4.69, 9.17) is 5.73 Å². The summed E-state index contributed by atoms with van der Waals surface area (Å²) in [6.07, 6.45) is 1.96. The molecule has 1 saturated carbocycles. The first-order valence-corrected chi connectivity index (χ1v) is 9.79. The molecule has 0 aliphatic heterocycles. The van der Waals surface area contributed by atoms with Gasteiger partial charge in [0, 0.05) is 11.4 Å². The number of thiophene rings is 1. The van der Waals surface area contributed by atoms with Gasteiger partial charge in [0.1, 0.15) is 15.4 Å². The SMILES string of the molecule is Nc1c(C(=O)NC2CCCC2)sc2nc(C(F)(F)F)c3c(c12)CCCC3. The zero-order valence-electron chi connectivity index (χ0n) is 14.2. The van der Waals surface area contributed by atoms with Crippen molar-refractivity contribution in [3.05, 3.63) is 21.7 Å². The van der Waals surface area contributed by atoms with Crippen LogP contribution in [-0.2, 0) is 19.0 Å². The van der Waals surface area contributed by atoms with E-state index >= 15 is 0 Å². The van der Waals surface area contributed by atoms with Gasteiger partial charge in [-0.05, 0) is 49.7 Å². The molecule has 0 radical (unpaired) electrons. The van der Waals surface area contributed by atoms with Crippen molar-refractivity contribution in [2.75, 3.05) is 5.73 Å². The molecule has 0 spiro atoms. The highest BCUT2D eigenvalue weighted by Gasteiger charge is 2.38. The zero-order valence-corrected chi connectivity index (χ0v) is 15.0. The van der Waals surface area contributed by atoms with Crippen LogP contribution < -0.4 is 11.1 Å². The van der Waals surface area contributed by atoms with Crippen molar-refractivity contribution in [3.8, 4) is 0 Å². The minimum atomic E-state index is -4.50. The van der Waals surface area contributed by atoms with Gasteiger partial charge in [0.2, 0.25) is 0 Å². The van der Waals surface area contributed by atoms with Crippen molar-refractivity contribution in [2.45, 2.75) is 63.6 Å². The summed E-state index contributed by atoms with van der Waals surface area (Å²) in [5.74, 6) is -0.296. The van der Waals surface area contributed by atoms with Crippen molar-refractivity contribution in [2.24, 2.45) is 0 Å². The van der Waals surface area contributed by atoms with Gasteiger partial charge in [0.05, 0.1) is 5.69 Å². The van der Waals surface area contributed by atoms with E-state index in [0.29, 0.717) is 30.2 Å². The maximum absolute atomic E-state index is 13.5. The molecule has 0 saturated heterocycles. The van der Waals surface area contributed by atoms with Gasteiger partial charge in [-0.15, -0.1) is 11.3 Å². The first kappa shape index (κ1) is 17.6. The monoisotopic (exact) mass is 383 g/mol. The molecule has 1 fully saturated rings. The maximum Gasteiger partial charge on any atom is 0.433 e. The second-order valence-corrected chi connectivity index (χ2v) is 8.10. The lowest BCUT2D eigenvalue weighted by molar-refractivity contribution is -0.141. The summed E-state index contributed by atoms with van der Waals surface area (Å²) < 4.78 is 40.4. The van der Waals surface area contributed by atoms with E-state index in [-0.39, 0.29) is 32.9 Å². The Bertz CT molecular complexity index is 869. The Labute approximate surface area is 153 Å². The van der Waals surface area contributed by atoms with Gasteiger partial charge in [-0.2, -0.15) is 13.2 Å². The molecule has 2 aliphatic rings. The third-order valence-corrected chi connectivity index (χ3v) is 6.46. The number of anilines is 1.